The first kappa shape index (κ1) is 15.8. The third-order valence-corrected chi connectivity index (χ3v) is 3.55. The van der Waals surface area contributed by atoms with Crippen LogP contribution in [0.5, 0.6) is 0 Å². The molecule has 3 heteroatoms. The number of rotatable bonds is 5. The lowest BCUT2D eigenvalue weighted by atomic mass is 10.1. The Balaban J connectivity index is 2.40. The molecule has 0 saturated heterocycles. The van der Waals surface area contributed by atoms with Gasteiger partial charge in [0.1, 0.15) is 5.82 Å². The first-order valence-electron chi connectivity index (χ1n) is 7.75. The smallest absolute Gasteiger partial charge is 0.129 e. The highest BCUT2D eigenvalue weighted by molar-refractivity contribution is 5.84. The summed E-state index contributed by atoms with van der Waals surface area (Å²) in [7, 11) is 2.11. The molecule has 2 rings (SSSR count). The predicted octanol–water partition coefficient (Wildman–Crippen LogP) is 3.97. The zero-order valence-electron chi connectivity index (χ0n) is 13.9. The molecule has 1 aromatic carbocycles. The molecule has 0 bridgehead atoms. The summed E-state index contributed by atoms with van der Waals surface area (Å²) in [5.74, 6) is 1.06. The molecule has 1 N–H and O–H groups in total. The SMILES string of the molecule is CCCN(C)c1cc(CNC(C)(C)C)c2ccccc2n1. The zero-order valence-corrected chi connectivity index (χ0v) is 13.9. The minimum absolute atomic E-state index is 0.111. The van der Waals surface area contributed by atoms with E-state index in [2.05, 4.69) is 75.3 Å². The fourth-order valence-corrected chi connectivity index (χ4v) is 2.38. The van der Waals surface area contributed by atoms with Crippen LogP contribution in [-0.2, 0) is 6.54 Å². The van der Waals surface area contributed by atoms with Crippen LogP contribution in [0.2, 0.25) is 0 Å². The summed E-state index contributed by atoms with van der Waals surface area (Å²) >= 11 is 0. The number of nitrogens with one attached hydrogen (secondary N) is 1. The third kappa shape index (κ3) is 4.18. The van der Waals surface area contributed by atoms with Gasteiger partial charge in [0.25, 0.3) is 0 Å². The van der Waals surface area contributed by atoms with Crippen LogP contribution in [-0.4, -0.2) is 24.1 Å². The number of hydrogen-bond donors (Lipinski definition) is 1. The molecule has 0 unspecified atom stereocenters. The topological polar surface area (TPSA) is 28.2 Å². The number of benzene rings is 1. The van der Waals surface area contributed by atoms with Crippen LogP contribution in [0.3, 0.4) is 0 Å². The summed E-state index contributed by atoms with van der Waals surface area (Å²) in [4.78, 5) is 7.03. The molecule has 0 radical (unpaired) electrons. The fourth-order valence-electron chi connectivity index (χ4n) is 2.38. The Labute approximate surface area is 128 Å². The summed E-state index contributed by atoms with van der Waals surface area (Å²) in [6.07, 6.45) is 1.13. The van der Waals surface area contributed by atoms with Gasteiger partial charge in [-0.3, -0.25) is 0 Å². The second-order valence-corrected chi connectivity index (χ2v) is 6.68. The van der Waals surface area contributed by atoms with E-state index < -0.39 is 0 Å². The summed E-state index contributed by atoms with van der Waals surface area (Å²) in [6.45, 7) is 10.7. The number of nitrogens with zero attached hydrogens (tertiary/aromatic N) is 2. The average Bonchev–Trinajstić information content (AvgIpc) is 2.44. The van der Waals surface area contributed by atoms with Crippen LogP contribution in [0, 0.1) is 0 Å². The minimum Gasteiger partial charge on any atom is -0.360 e. The van der Waals surface area contributed by atoms with Crippen molar-refractivity contribution >= 4 is 16.7 Å². The van der Waals surface area contributed by atoms with Crippen molar-refractivity contribution in [1.82, 2.24) is 10.3 Å². The lowest BCUT2D eigenvalue weighted by molar-refractivity contribution is 0.425. The minimum atomic E-state index is 0.111. The van der Waals surface area contributed by atoms with Crippen molar-refractivity contribution in [3.8, 4) is 0 Å². The van der Waals surface area contributed by atoms with Crippen LogP contribution in [0.15, 0.2) is 30.3 Å². The highest BCUT2D eigenvalue weighted by atomic mass is 15.2. The molecule has 3 nitrogen and oxygen atoms in total. The molecule has 0 spiro atoms. The molecule has 0 aliphatic rings. The van der Waals surface area contributed by atoms with Gasteiger partial charge in [-0.05, 0) is 44.9 Å². The molecule has 0 atom stereocenters. The van der Waals surface area contributed by atoms with Gasteiger partial charge < -0.3 is 10.2 Å². The molecule has 0 fully saturated rings. The highest BCUT2D eigenvalue weighted by Gasteiger charge is 2.12. The van der Waals surface area contributed by atoms with Crippen LogP contribution < -0.4 is 10.2 Å². The van der Waals surface area contributed by atoms with Gasteiger partial charge in [0, 0.05) is 31.1 Å². The van der Waals surface area contributed by atoms with Gasteiger partial charge >= 0.3 is 0 Å². The van der Waals surface area contributed by atoms with Gasteiger partial charge in [-0.25, -0.2) is 4.98 Å². The van der Waals surface area contributed by atoms with Crippen molar-refractivity contribution in [2.24, 2.45) is 0 Å². The first-order chi connectivity index (χ1) is 9.90. The Morgan fingerprint density at radius 3 is 2.57 bits per heavy atom. The molecule has 1 aromatic heterocycles. The number of anilines is 1. The van der Waals surface area contributed by atoms with E-state index in [0.717, 1.165) is 30.8 Å². The van der Waals surface area contributed by atoms with E-state index in [4.69, 9.17) is 4.98 Å². The molecule has 0 aliphatic heterocycles. The maximum Gasteiger partial charge on any atom is 0.129 e. The van der Waals surface area contributed by atoms with Gasteiger partial charge in [0.05, 0.1) is 5.52 Å². The van der Waals surface area contributed by atoms with Crippen molar-refractivity contribution < 1.29 is 0 Å². The van der Waals surface area contributed by atoms with E-state index in [1.165, 1.54) is 10.9 Å². The molecule has 0 saturated carbocycles. The molecular weight excluding hydrogens is 258 g/mol. The summed E-state index contributed by atoms with van der Waals surface area (Å²) in [5.41, 5.74) is 2.50. The van der Waals surface area contributed by atoms with Gasteiger partial charge in [-0.2, -0.15) is 0 Å². The van der Waals surface area contributed by atoms with E-state index in [-0.39, 0.29) is 5.54 Å². The van der Waals surface area contributed by atoms with E-state index >= 15 is 0 Å². The van der Waals surface area contributed by atoms with Gasteiger partial charge in [0.15, 0.2) is 0 Å². The number of para-hydroxylation sites is 1. The molecule has 2 aromatic rings. The van der Waals surface area contributed by atoms with Gasteiger partial charge in [-0.15, -0.1) is 0 Å². The largest absolute Gasteiger partial charge is 0.360 e. The fraction of sp³-hybridized carbons (Fsp3) is 0.500. The summed E-state index contributed by atoms with van der Waals surface area (Å²) in [6, 6.07) is 10.6. The van der Waals surface area contributed by atoms with Gasteiger partial charge in [0.2, 0.25) is 0 Å². The average molecular weight is 285 g/mol. The van der Waals surface area contributed by atoms with Crippen molar-refractivity contribution in [3.05, 3.63) is 35.9 Å². The zero-order chi connectivity index (χ0) is 15.5. The predicted molar refractivity (Wildman–Crippen MR) is 91.9 cm³/mol. The lowest BCUT2D eigenvalue weighted by Gasteiger charge is -2.23. The van der Waals surface area contributed by atoms with E-state index in [1.807, 2.05) is 0 Å². The Kier molecular flexibility index (Phi) is 4.84. The van der Waals surface area contributed by atoms with Gasteiger partial charge in [-0.1, -0.05) is 25.1 Å². The highest BCUT2D eigenvalue weighted by Crippen LogP contribution is 2.23. The Morgan fingerprint density at radius 2 is 1.90 bits per heavy atom. The Morgan fingerprint density at radius 1 is 1.19 bits per heavy atom. The molecule has 1 heterocycles. The maximum atomic E-state index is 4.80. The Hall–Kier alpha value is -1.61. The first-order valence-corrected chi connectivity index (χ1v) is 7.75. The van der Waals surface area contributed by atoms with E-state index in [9.17, 15) is 0 Å². The van der Waals surface area contributed by atoms with Crippen molar-refractivity contribution in [2.75, 3.05) is 18.5 Å². The van der Waals surface area contributed by atoms with E-state index in [1.54, 1.807) is 0 Å². The standard InChI is InChI=1S/C18H27N3/c1-6-11-21(5)17-12-14(13-19-18(2,3)4)15-9-7-8-10-16(15)20-17/h7-10,12,19H,6,11,13H2,1-5H3. The summed E-state index contributed by atoms with van der Waals surface area (Å²) < 4.78 is 0. The molecule has 21 heavy (non-hydrogen) atoms. The Bertz CT molecular complexity index is 599. The van der Waals surface area contributed by atoms with Crippen LogP contribution >= 0.6 is 0 Å². The number of hydrogen-bond acceptors (Lipinski definition) is 3. The second-order valence-electron chi connectivity index (χ2n) is 6.68. The molecular formula is C18H27N3. The van der Waals surface area contributed by atoms with Crippen LogP contribution in [0.4, 0.5) is 5.82 Å². The monoisotopic (exact) mass is 285 g/mol. The van der Waals surface area contributed by atoms with Crippen molar-refractivity contribution in [2.45, 2.75) is 46.2 Å². The molecule has 0 amide bonds. The third-order valence-electron chi connectivity index (χ3n) is 3.55. The number of aromatic nitrogens is 1. The molecule has 0 aliphatic carbocycles. The number of pyridine rings is 1. The normalized spacial score (nSPS) is 11.9. The maximum absolute atomic E-state index is 4.80. The molecule has 114 valence electrons. The van der Waals surface area contributed by atoms with Crippen LogP contribution in [0.25, 0.3) is 10.9 Å². The lowest BCUT2D eigenvalue weighted by Crippen LogP contribution is -2.35. The second kappa shape index (κ2) is 6.44. The van der Waals surface area contributed by atoms with E-state index in [0.29, 0.717) is 0 Å². The number of fused-ring (bicyclic) bond motifs is 1. The summed E-state index contributed by atoms with van der Waals surface area (Å²) in [5, 5.41) is 4.82. The van der Waals surface area contributed by atoms with Crippen molar-refractivity contribution in [1.29, 1.82) is 0 Å². The van der Waals surface area contributed by atoms with Crippen molar-refractivity contribution in [3.63, 3.8) is 0 Å². The van der Waals surface area contributed by atoms with Crippen LogP contribution in [0.1, 0.15) is 39.7 Å². The quantitative estimate of drug-likeness (QED) is 0.901.